The molecule has 5 nitrogen and oxygen atoms in total. The predicted molar refractivity (Wildman–Crippen MR) is 95.2 cm³/mol. The van der Waals surface area contributed by atoms with E-state index in [9.17, 15) is 4.79 Å². The van der Waals surface area contributed by atoms with E-state index >= 15 is 0 Å². The van der Waals surface area contributed by atoms with E-state index in [0.717, 1.165) is 12.0 Å². The third-order valence-corrected chi connectivity index (χ3v) is 3.46. The van der Waals surface area contributed by atoms with Gasteiger partial charge in [-0.2, -0.15) is 5.26 Å². The van der Waals surface area contributed by atoms with Gasteiger partial charge in [-0.15, -0.1) is 0 Å². The number of nitriles is 1. The van der Waals surface area contributed by atoms with Gasteiger partial charge < -0.3 is 10.1 Å². The molecule has 130 valence electrons. The zero-order valence-corrected chi connectivity index (χ0v) is 15.0. The van der Waals surface area contributed by atoms with Gasteiger partial charge in [0.05, 0.1) is 17.7 Å². The van der Waals surface area contributed by atoms with Gasteiger partial charge in [-0.3, -0.25) is 4.90 Å². The summed E-state index contributed by atoms with van der Waals surface area (Å²) in [5.41, 5.74) is 1.20. The number of hydrogen-bond acceptors (Lipinski definition) is 4. The van der Waals surface area contributed by atoms with Crippen LogP contribution < -0.4 is 5.32 Å². The van der Waals surface area contributed by atoms with Crippen LogP contribution in [0.25, 0.3) is 0 Å². The van der Waals surface area contributed by atoms with Crippen molar-refractivity contribution in [1.29, 1.82) is 5.26 Å². The molecule has 0 spiro atoms. The Labute approximate surface area is 144 Å². The number of rotatable bonds is 7. The molecule has 1 unspecified atom stereocenters. The number of nitrogens with zero attached hydrogens (tertiary/aromatic N) is 2. The maximum absolute atomic E-state index is 12.3. The van der Waals surface area contributed by atoms with Gasteiger partial charge in [0.2, 0.25) is 0 Å². The Morgan fingerprint density at radius 1 is 1.42 bits per heavy atom. The van der Waals surface area contributed by atoms with E-state index in [1.807, 2.05) is 39.8 Å². The molecule has 0 aliphatic rings. The Kier molecular flexibility index (Phi) is 7.47. The summed E-state index contributed by atoms with van der Waals surface area (Å²) in [7, 11) is 0. The lowest BCUT2D eigenvalue weighted by Crippen LogP contribution is -2.44. The summed E-state index contributed by atoms with van der Waals surface area (Å²) in [6, 6.07) is 9.51. The second-order valence-corrected chi connectivity index (χ2v) is 6.57. The summed E-state index contributed by atoms with van der Waals surface area (Å²) < 4.78 is 5.42. The zero-order valence-electron chi connectivity index (χ0n) is 15.0. The largest absolute Gasteiger partial charge is 0.443 e. The highest BCUT2D eigenvalue weighted by Gasteiger charge is 2.25. The highest BCUT2D eigenvalue weighted by molar-refractivity contribution is 5.69. The molecule has 0 saturated carbocycles. The molecule has 1 aromatic rings. The molecule has 1 aromatic carbocycles. The van der Waals surface area contributed by atoms with Gasteiger partial charge >= 0.3 is 6.09 Å². The van der Waals surface area contributed by atoms with E-state index in [0.29, 0.717) is 18.7 Å². The van der Waals surface area contributed by atoms with Crippen molar-refractivity contribution in [2.75, 3.05) is 6.54 Å². The van der Waals surface area contributed by atoms with Crippen molar-refractivity contribution >= 4 is 6.09 Å². The molecule has 0 aliphatic heterocycles. The van der Waals surface area contributed by atoms with Gasteiger partial charge in [0.15, 0.2) is 0 Å². The van der Waals surface area contributed by atoms with Crippen molar-refractivity contribution in [3.8, 4) is 6.07 Å². The lowest BCUT2D eigenvalue weighted by atomic mass is 10.1. The van der Waals surface area contributed by atoms with E-state index in [4.69, 9.17) is 10.00 Å². The van der Waals surface area contributed by atoms with E-state index in [2.05, 4.69) is 18.0 Å². The summed E-state index contributed by atoms with van der Waals surface area (Å²) in [6.07, 6.45) is 1.92. The van der Waals surface area contributed by atoms with E-state index < -0.39 is 5.60 Å². The molecule has 0 radical (unpaired) electrons. The summed E-state index contributed by atoms with van der Waals surface area (Å²) in [5, 5.41) is 12.1. The molecule has 1 N–H and O–H groups in total. The van der Waals surface area contributed by atoms with Crippen LogP contribution >= 0.6 is 0 Å². The maximum atomic E-state index is 12.3. The third-order valence-electron chi connectivity index (χ3n) is 3.46. The standard InChI is InChI=1S/C19H27N3O2/c1-6-17(22(7-2)18(23)24-19(3,4)5)14-21-13-16-10-8-15(12-20)9-11-16/h7-11,17,21H,2,6,13-14H2,1,3-5H3. The Balaban J connectivity index is 2.59. The van der Waals surface area contributed by atoms with Gasteiger partial charge in [0.25, 0.3) is 0 Å². The molecule has 0 bridgehead atoms. The molecule has 0 aliphatic carbocycles. The van der Waals surface area contributed by atoms with Crippen LogP contribution in [0.1, 0.15) is 45.2 Å². The smallest absolute Gasteiger partial charge is 0.414 e. The fraction of sp³-hybridized carbons (Fsp3) is 0.474. The van der Waals surface area contributed by atoms with Crippen molar-refractivity contribution in [3.63, 3.8) is 0 Å². The first-order valence-electron chi connectivity index (χ1n) is 8.14. The number of ether oxygens (including phenoxy) is 1. The van der Waals surface area contributed by atoms with Crippen LogP contribution in [0.4, 0.5) is 4.79 Å². The third kappa shape index (κ3) is 6.43. The van der Waals surface area contributed by atoms with Crippen LogP contribution in [0.15, 0.2) is 37.0 Å². The molecule has 1 atom stereocenters. The van der Waals surface area contributed by atoms with E-state index in [1.54, 1.807) is 12.1 Å². The fourth-order valence-electron chi connectivity index (χ4n) is 2.21. The van der Waals surface area contributed by atoms with Gasteiger partial charge in [-0.1, -0.05) is 25.6 Å². The first kappa shape index (κ1) is 19.7. The molecular weight excluding hydrogens is 302 g/mol. The number of hydrogen-bond donors (Lipinski definition) is 1. The highest BCUT2D eigenvalue weighted by atomic mass is 16.6. The summed E-state index contributed by atoms with van der Waals surface area (Å²) in [5.74, 6) is 0. The van der Waals surface area contributed by atoms with Crippen LogP contribution in [0.2, 0.25) is 0 Å². The Bertz CT molecular complexity index is 582. The zero-order chi connectivity index (χ0) is 18.2. The average molecular weight is 329 g/mol. The van der Waals surface area contributed by atoms with Crippen molar-refractivity contribution in [1.82, 2.24) is 10.2 Å². The van der Waals surface area contributed by atoms with E-state index in [-0.39, 0.29) is 12.1 Å². The Morgan fingerprint density at radius 2 is 2.04 bits per heavy atom. The topological polar surface area (TPSA) is 65.4 Å². The van der Waals surface area contributed by atoms with Crippen molar-refractivity contribution in [2.45, 2.75) is 52.3 Å². The minimum absolute atomic E-state index is 0.0317. The quantitative estimate of drug-likeness (QED) is 0.826. The predicted octanol–water partition coefficient (Wildman–Crippen LogP) is 3.81. The first-order chi connectivity index (χ1) is 11.3. The number of benzene rings is 1. The molecule has 1 amide bonds. The maximum Gasteiger partial charge on any atom is 0.414 e. The summed E-state index contributed by atoms with van der Waals surface area (Å²) in [4.78, 5) is 13.8. The van der Waals surface area contributed by atoms with Crippen molar-refractivity contribution in [3.05, 3.63) is 48.2 Å². The highest BCUT2D eigenvalue weighted by Crippen LogP contribution is 2.14. The van der Waals surface area contributed by atoms with Crippen LogP contribution in [0.5, 0.6) is 0 Å². The lowest BCUT2D eigenvalue weighted by molar-refractivity contribution is 0.0265. The van der Waals surface area contributed by atoms with Crippen LogP contribution in [-0.2, 0) is 11.3 Å². The van der Waals surface area contributed by atoms with Gasteiger partial charge in [0, 0.05) is 19.3 Å². The molecule has 0 fully saturated rings. The SMILES string of the molecule is C=CN(C(=O)OC(C)(C)C)C(CC)CNCc1ccc(C#N)cc1. The monoisotopic (exact) mass is 329 g/mol. The minimum atomic E-state index is -0.535. The average Bonchev–Trinajstić information content (AvgIpc) is 2.53. The molecular formula is C19H27N3O2. The molecule has 24 heavy (non-hydrogen) atoms. The van der Waals surface area contributed by atoms with Crippen LogP contribution in [0.3, 0.4) is 0 Å². The van der Waals surface area contributed by atoms with Crippen LogP contribution in [0, 0.1) is 11.3 Å². The van der Waals surface area contributed by atoms with E-state index in [1.165, 1.54) is 11.1 Å². The first-order valence-corrected chi connectivity index (χ1v) is 8.14. The van der Waals surface area contributed by atoms with Gasteiger partial charge in [-0.25, -0.2) is 4.79 Å². The van der Waals surface area contributed by atoms with Crippen LogP contribution in [-0.4, -0.2) is 29.2 Å². The second-order valence-electron chi connectivity index (χ2n) is 6.57. The van der Waals surface area contributed by atoms with Crippen molar-refractivity contribution in [2.24, 2.45) is 0 Å². The lowest BCUT2D eigenvalue weighted by Gasteiger charge is -2.30. The number of carbonyl (C=O) groups excluding carboxylic acids is 1. The second kappa shape index (κ2) is 9.09. The molecule has 0 saturated heterocycles. The Morgan fingerprint density at radius 3 is 2.50 bits per heavy atom. The molecule has 0 heterocycles. The van der Waals surface area contributed by atoms with Crippen molar-refractivity contribution < 1.29 is 9.53 Å². The number of carbonyl (C=O) groups is 1. The normalized spacial score (nSPS) is 12.1. The minimum Gasteiger partial charge on any atom is -0.443 e. The summed E-state index contributed by atoms with van der Waals surface area (Å²) >= 11 is 0. The molecule has 5 heteroatoms. The van der Waals surface area contributed by atoms with Gasteiger partial charge in [0.1, 0.15) is 5.60 Å². The number of nitrogens with one attached hydrogen (secondary N) is 1. The fourth-order valence-corrected chi connectivity index (χ4v) is 2.21. The summed E-state index contributed by atoms with van der Waals surface area (Å²) in [6.45, 7) is 12.6. The molecule has 0 aromatic heterocycles. The molecule has 1 rings (SSSR count). The number of amides is 1. The van der Waals surface area contributed by atoms with Gasteiger partial charge in [-0.05, 0) is 44.9 Å². The Hall–Kier alpha value is -2.32.